The van der Waals surface area contributed by atoms with Crippen LogP contribution in [-0.2, 0) is 119 Å². The third-order valence-electron chi connectivity index (χ3n) is 7.11. The largest absolute Gasteiger partial charge is 2.00 e. The van der Waals surface area contributed by atoms with E-state index in [1.54, 1.807) is 98.1 Å². The smallest absolute Gasteiger partial charge is 1.00 e. The standard InChI is InChI=1S/8C6H7NO.6CH2Cl2.8ClH.4Ni/c8*8-5-6-3-1-2-4-7-6;6*2-1-3;;;;;;;;;;;;/h8*1-4,8H,5H2;6*1H2;8*1H;;;;/q;;;;;;;;;;;;;;;;;;;;;;4*+2/p-8. The van der Waals surface area contributed by atoms with Crippen LogP contribution in [-0.4, -0.2) is 113 Å². The minimum atomic E-state index is 0. The molecule has 552 valence electrons. The van der Waals surface area contributed by atoms with Crippen LogP contribution in [0.3, 0.4) is 0 Å². The van der Waals surface area contributed by atoms with Crippen molar-refractivity contribution in [1.82, 2.24) is 39.9 Å². The van der Waals surface area contributed by atoms with Gasteiger partial charge in [-0.2, -0.15) is 0 Å². The van der Waals surface area contributed by atoms with Gasteiger partial charge >= 0.3 is 66.0 Å². The van der Waals surface area contributed by atoms with Crippen molar-refractivity contribution >= 4 is 139 Å². The van der Waals surface area contributed by atoms with E-state index in [0.717, 1.165) is 0 Å². The molecule has 8 aromatic heterocycles. The van der Waals surface area contributed by atoms with Gasteiger partial charge in [-0.05, 0) is 97.1 Å². The average molecular weight is 1900 g/mol. The topological polar surface area (TPSA) is 265 Å². The van der Waals surface area contributed by atoms with Gasteiger partial charge in [0, 0.05) is 49.6 Å². The van der Waals surface area contributed by atoms with Crippen LogP contribution in [0.15, 0.2) is 195 Å². The Labute approximate surface area is 702 Å². The van der Waals surface area contributed by atoms with E-state index in [0.29, 0.717) is 45.6 Å². The second-order valence-corrected chi connectivity index (χ2v) is 17.3. The van der Waals surface area contributed by atoms with E-state index < -0.39 is 0 Å². The molecular formula is C54H68Cl20N8Ni4O8. The van der Waals surface area contributed by atoms with Gasteiger partial charge in [-0.1, -0.05) is 48.5 Å². The summed E-state index contributed by atoms with van der Waals surface area (Å²) in [5.74, 6) is 0. The maximum atomic E-state index is 8.48. The molecule has 0 saturated carbocycles. The monoisotopic (exact) mass is 1890 g/mol. The van der Waals surface area contributed by atoms with Crippen LogP contribution in [0.4, 0.5) is 0 Å². The van der Waals surface area contributed by atoms with Gasteiger partial charge < -0.3 is 140 Å². The van der Waals surface area contributed by atoms with Crippen molar-refractivity contribution in [2.24, 2.45) is 0 Å². The number of alkyl halides is 12. The van der Waals surface area contributed by atoms with Gasteiger partial charge in [0.1, 0.15) is 0 Å². The van der Waals surface area contributed by atoms with E-state index in [4.69, 9.17) is 180 Å². The molecule has 0 bridgehead atoms. The molecule has 0 aromatic carbocycles. The fourth-order valence-electron chi connectivity index (χ4n) is 3.93. The van der Waals surface area contributed by atoms with Crippen molar-refractivity contribution in [3.63, 3.8) is 0 Å². The van der Waals surface area contributed by atoms with Gasteiger partial charge in [0.15, 0.2) is 0 Å². The first-order valence-corrected chi connectivity index (χ1v) is 29.1. The number of hydrogen-bond acceptors (Lipinski definition) is 16. The molecule has 40 heteroatoms. The normalized spacial score (nSPS) is 7.36. The van der Waals surface area contributed by atoms with Gasteiger partial charge in [-0.3, -0.25) is 39.9 Å². The van der Waals surface area contributed by atoms with Crippen LogP contribution in [0.5, 0.6) is 0 Å². The number of halogens is 20. The molecule has 0 spiro atoms. The molecule has 8 rings (SSSR count). The summed E-state index contributed by atoms with van der Waals surface area (Å²) in [6.45, 7) is 0.229. The molecule has 0 amide bonds. The number of rotatable bonds is 8. The summed E-state index contributed by atoms with van der Waals surface area (Å²) in [5.41, 5.74) is 5.72. The van der Waals surface area contributed by atoms with E-state index in [1.165, 1.54) is 0 Å². The molecule has 16 nitrogen and oxygen atoms in total. The molecule has 0 unspecified atom stereocenters. The van der Waals surface area contributed by atoms with E-state index in [1.807, 2.05) is 97.1 Å². The van der Waals surface area contributed by atoms with Crippen molar-refractivity contribution in [2.75, 3.05) is 32.0 Å². The van der Waals surface area contributed by atoms with Crippen molar-refractivity contribution in [3.05, 3.63) is 241 Å². The van der Waals surface area contributed by atoms with Crippen LogP contribution >= 0.6 is 139 Å². The van der Waals surface area contributed by atoms with Crippen LogP contribution in [0.1, 0.15) is 45.6 Å². The fourth-order valence-corrected chi connectivity index (χ4v) is 3.93. The predicted octanol–water partition coefficient (Wildman–Crippen LogP) is -10.9. The number of hydrogen-bond donors (Lipinski definition) is 8. The minimum Gasteiger partial charge on any atom is -1.00 e. The third kappa shape index (κ3) is 120. The second-order valence-electron chi connectivity index (χ2n) is 12.4. The summed E-state index contributed by atoms with van der Waals surface area (Å²) in [7, 11) is 0. The molecule has 0 saturated heterocycles. The number of aromatic nitrogens is 8. The Kier molecular flexibility index (Phi) is 195. The molecule has 0 aliphatic rings. The first kappa shape index (κ1) is 141. The molecule has 0 radical (unpaired) electrons. The van der Waals surface area contributed by atoms with Crippen molar-refractivity contribution in [1.29, 1.82) is 0 Å². The molecule has 8 N–H and O–H groups in total. The summed E-state index contributed by atoms with van der Waals surface area (Å²) < 4.78 is 0. The van der Waals surface area contributed by atoms with Crippen molar-refractivity contribution in [3.8, 4) is 0 Å². The van der Waals surface area contributed by atoms with Gasteiger partial charge in [0.05, 0.1) is 130 Å². The molecule has 0 fully saturated rings. The number of nitrogens with zero attached hydrogens (tertiary/aromatic N) is 8. The summed E-state index contributed by atoms with van der Waals surface area (Å²) >= 11 is 57.2. The van der Waals surface area contributed by atoms with Crippen LogP contribution in [0, 0.1) is 0 Å². The molecule has 8 aromatic rings. The first-order chi connectivity index (χ1) is 39.9. The summed E-state index contributed by atoms with van der Waals surface area (Å²) in [6.07, 6.45) is 13.3. The van der Waals surface area contributed by atoms with E-state index >= 15 is 0 Å². The van der Waals surface area contributed by atoms with E-state index in [-0.39, 0.29) is 250 Å². The molecule has 0 aliphatic carbocycles. The summed E-state index contributed by atoms with van der Waals surface area (Å²) in [5, 5.41) is 69.0. The maximum Gasteiger partial charge on any atom is 2.00 e. The molecule has 94 heavy (non-hydrogen) atoms. The van der Waals surface area contributed by atoms with Crippen LogP contribution in [0.25, 0.3) is 0 Å². The zero-order chi connectivity index (χ0) is 62.8. The SMILES string of the molecule is ClCCl.ClCCl.ClCCl.ClCCl.ClCCl.ClCCl.OCc1ccccn1.OCc1ccccn1.OCc1ccccn1.OCc1ccccn1.OCc1ccccn1.OCc1ccccn1.OCc1ccccn1.OCc1ccccn1.[Cl-].[Cl-].[Cl-].[Cl-].[Cl-].[Cl-].[Cl-].[Cl-].[Ni+2].[Ni+2].[Ni+2].[Ni+2]. The predicted molar refractivity (Wildman–Crippen MR) is 341 cm³/mol. The zero-order valence-electron chi connectivity index (χ0n) is 48.4. The van der Waals surface area contributed by atoms with E-state index in [9.17, 15) is 0 Å². The Morgan fingerprint density at radius 1 is 0.181 bits per heavy atom. The molecule has 8 heterocycles. The zero-order valence-corrected chi connectivity index (χ0v) is 67.4. The quantitative estimate of drug-likeness (QED) is 0.0519. The first-order valence-electron chi connectivity index (χ1n) is 22.7. The van der Waals surface area contributed by atoms with Gasteiger partial charge in [-0.15, -0.1) is 139 Å². The van der Waals surface area contributed by atoms with Crippen molar-refractivity contribution < 1.29 is 206 Å². The average Bonchev–Trinajstić information content (AvgIpc) is 3.55. The second kappa shape index (κ2) is 130. The van der Waals surface area contributed by atoms with Gasteiger partial charge in [0.25, 0.3) is 0 Å². The number of pyridine rings is 8. The molecule has 0 atom stereocenters. The van der Waals surface area contributed by atoms with Crippen LogP contribution < -0.4 is 99.3 Å². The third-order valence-corrected chi connectivity index (χ3v) is 7.11. The fraction of sp³-hybridized carbons (Fsp3) is 0.259. The molecular weight excluding hydrogens is 1830 g/mol. The van der Waals surface area contributed by atoms with Gasteiger partial charge in [-0.25, -0.2) is 0 Å². The van der Waals surface area contributed by atoms with E-state index in [2.05, 4.69) is 39.9 Å². The summed E-state index contributed by atoms with van der Waals surface area (Å²) in [6, 6.07) is 43.5. The van der Waals surface area contributed by atoms with Gasteiger partial charge in [0.2, 0.25) is 0 Å². The number of aliphatic hydroxyl groups excluding tert-OH is 8. The number of aliphatic hydroxyl groups is 8. The minimum absolute atomic E-state index is 0. The van der Waals surface area contributed by atoms with Crippen molar-refractivity contribution in [2.45, 2.75) is 52.9 Å². The Balaban J connectivity index is -0.0000000416. The Hall–Kier alpha value is 0.654. The van der Waals surface area contributed by atoms with Crippen LogP contribution in [0.2, 0.25) is 0 Å². The Morgan fingerprint density at radius 2 is 0.255 bits per heavy atom. The Bertz CT molecular complexity index is 1860. The Morgan fingerprint density at radius 3 is 0.287 bits per heavy atom. The summed E-state index contributed by atoms with van der Waals surface area (Å²) in [4.78, 5) is 30.8. The molecule has 0 aliphatic heterocycles. The maximum absolute atomic E-state index is 8.48.